The molecule has 2 amide bonds. The Hall–Kier alpha value is -3.43. The highest BCUT2D eigenvalue weighted by Crippen LogP contribution is 2.65. The molecule has 4 aromatic carbocycles. The molecule has 0 aromatic heterocycles. The molecule has 0 spiro atoms. The molecular formula is C28H18ClNO2. The molecule has 2 atom stereocenters. The van der Waals surface area contributed by atoms with Crippen molar-refractivity contribution in [2.45, 2.75) is 10.8 Å². The van der Waals surface area contributed by atoms with E-state index in [9.17, 15) is 9.59 Å². The predicted octanol–water partition coefficient (Wildman–Crippen LogP) is 5.59. The minimum Gasteiger partial charge on any atom is -0.274 e. The van der Waals surface area contributed by atoms with Crippen molar-refractivity contribution < 1.29 is 9.59 Å². The zero-order chi connectivity index (χ0) is 21.6. The number of carbonyl (C=O) groups excluding carboxylic acids is 2. The standard InChI is InChI=1S/C28H18ClNO2/c29-28-21-11-5-3-9-19(21)23(20-10-4-6-12-22(20)28)24-25(28)27(32)30(26(24)31)18-14-13-16-7-1-2-8-17(16)15-18/h1-15,23-25H/t23?,24-,25-,28?/m1/s1. The smallest absolute Gasteiger partial charge is 0.240 e. The molecule has 2 bridgehead atoms. The number of hydrogen-bond donors (Lipinski definition) is 0. The van der Waals surface area contributed by atoms with E-state index in [2.05, 4.69) is 12.1 Å². The van der Waals surface area contributed by atoms with E-state index in [0.29, 0.717) is 5.69 Å². The SMILES string of the molecule is O=C1[C@@H]2C3c4ccccc4C(Cl)(c4ccccc43)[C@H]2C(=O)N1c1ccc2ccccc2c1. The molecule has 1 heterocycles. The molecule has 4 aromatic rings. The van der Waals surface area contributed by atoms with Crippen molar-refractivity contribution in [2.75, 3.05) is 4.90 Å². The lowest BCUT2D eigenvalue weighted by atomic mass is 9.54. The van der Waals surface area contributed by atoms with E-state index in [1.165, 1.54) is 4.90 Å². The van der Waals surface area contributed by atoms with Gasteiger partial charge in [-0.15, -0.1) is 11.6 Å². The minimum absolute atomic E-state index is 0.158. The van der Waals surface area contributed by atoms with E-state index in [1.54, 1.807) is 0 Å². The predicted molar refractivity (Wildman–Crippen MR) is 125 cm³/mol. The third-order valence-electron chi connectivity index (χ3n) is 7.51. The van der Waals surface area contributed by atoms with Gasteiger partial charge in [-0.05, 0) is 45.2 Å². The molecule has 0 unspecified atom stereocenters. The molecular weight excluding hydrogens is 418 g/mol. The van der Waals surface area contributed by atoms with Crippen LogP contribution in [0.15, 0.2) is 91.0 Å². The number of benzene rings is 4. The van der Waals surface area contributed by atoms with Gasteiger partial charge in [-0.3, -0.25) is 9.59 Å². The van der Waals surface area contributed by atoms with Gasteiger partial charge >= 0.3 is 0 Å². The molecule has 3 nitrogen and oxygen atoms in total. The fourth-order valence-electron chi connectivity index (χ4n) is 6.25. The summed E-state index contributed by atoms with van der Waals surface area (Å²) in [5.41, 5.74) is 4.63. The van der Waals surface area contributed by atoms with Crippen LogP contribution in [0.25, 0.3) is 10.8 Å². The molecule has 1 aliphatic heterocycles. The fourth-order valence-corrected chi connectivity index (χ4v) is 6.82. The van der Waals surface area contributed by atoms with Crippen molar-refractivity contribution in [3.05, 3.63) is 113 Å². The van der Waals surface area contributed by atoms with Crippen LogP contribution in [0.4, 0.5) is 5.69 Å². The van der Waals surface area contributed by atoms with E-state index in [1.807, 2.05) is 78.9 Å². The number of carbonyl (C=O) groups is 2. The highest BCUT2D eigenvalue weighted by Gasteiger charge is 2.67. The second-order valence-electron chi connectivity index (χ2n) is 8.91. The number of rotatable bonds is 1. The summed E-state index contributed by atoms with van der Waals surface area (Å²) in [4.78, 5) is 28.1. The lowest BCUT2D eigenvalue weighted by Gasteiger charge is -2.50. The van der Waals surface area contributed by atoms with E-state index in [4.69, 9.17) is 11.6 Å². The van der Waals surface area contributed by atoms with Gasteiger partial charge < -0.3 is 0 Å². The van der Waals surface area contributed by atoms with Gasteiger partial charge in [-0.2, -0.15) is 0 Å². The van der Waals surface area contributed by atoms with E-state index >= 15 is 0 Å². The summed E-state index contributed by atoms with van der Waals surface area (Å²) in [5.74, 6) is -1.67. The molecule has 1 fully saturated rings. The van der Waals surface area contributed by atoms with Crippen molar-refractivity contribution >= 4 is 39.9 Å². The topological polar surface area (TPSA) is 37.4 Å². The highest BCUT2D eigenvalue weighted by atomic mass is 35.5. The first kappa shape index (κ1) is 18.2. The summed E-state index contributed by atoms with van der Waals surface area (Å²) in [6.07, 6.45) is 0. The normalized spacial score (nSPS) is 27.4. The van der Waals surface area contributed by atoms with Crippen LogP contribution in [-0.2, 0) is 14.5 Å². The van der Waals surface area contributed by atoms with Crippen LogP contribution in [0.3, 0.4) is 0 Å². The Kier molecular flexibility index (Phi) is 3.45. The quantitative estimate of drug-likeness (QED) is 0.289. The van der Waals surface area contributed by atoms with Gasteiger partial charge in [0.05, 0.1) is 17.5 Å². The largest absolute Gasteiger partial charge is 0.274 e. The highest BCUT2D eigenvalue weighted by molar-refractivity contribution is 6.33. The number of amides is 2. The number of imide groups is 1. The van der Waals surface area contributed by atoms with Crippen molar-refractivity contribution in [1.82, 2.24) is 0 Å². The van der Waals surface area contributed by atoms with Crippen molar-refractivity contribution in [1.29, 1.82) is 0 Å². The summed E-state index contributed by atoms with van der Waals surface area (Å²) < 4.78 is 0. The molecule has 8 rings (SSSR count). The minimum atomic E-state index is -1.05. The van der Waals surface area contributed by atoms with Gasteiger partial charge in [-0.1, -0.05) is 78.9 Å². The number of nitrogens with zero attached hydrogens (tertiary/aromatic N) is 1. The zero-order valence-corrected chi connectivity index (χ0v) is 17.8. The fraction of sp³-hybridized carbons (Fsp3) is 0.143. The number of hydrogen-bond acceptors (Lipinski definition) is 2. The zero-order valence-electron chi connectivity index (χ0n) is 17.0. The molecule has 154 valence electrons. The molecule has 4 aliphatic rings. The van der Waals surface area contributed by atoms with Crippen LogP contribution in [0.1, 0.15) is 28.2 Å². The molecule has 1 saturated heterocycles. The van der Waals surface area contributed by atoms with Gasteiger partial charge in [-0.25, -0.2) is 4.90 Å². The Morgan fingerprint density at radius 3 is 1.97 bits per heavy atom. The Labute approximate surface area is 190 Å². The molecule has 0 N–H and O–H groups in total. The Balaban J connectivity index is 1.46. The van der Waals surface area contributed by atoms with Crippen LogP contribution < -0.4 is 4.90 Å². The van der Waals surface area contributed by atoms with Gasteiger partial charge in [0.2, 0.25) is 11.8 Å². The molecule has 0 saturated carbocycles. The lowest BCUT2D eigenvalue weighted by Crippen LogP contribution is -2.50. The molecule has 4 heteroatoms. The maximum absolute atomic E-state index is 13.9. The number of halogens is 1. The first-order valence-electron chi connectivity index (χ1n) is 10.8. The summed E-state index contributed by atoms with van der Waals surface area (Å²) in [7, 11) is 0. The van der Waals surface area contributed by atoms with Gasteiger partial charge in [0.1, 0.15) is 4.87 Å². The van der Waals surface area contributed by atoms with E-state index in [0.717, 1.165) is 33.0 Å². The van der Waals surface area contributed by atoms with Crippen LogP contribution in [0, 0.1) is 11.8 Å². The monoisotopic (exact) mass is 435 g/mol. The number of alkyl halides is 1. The van der Waals surface area contributed by atoms with E-state index in [-0.39, 0.29) is 17.7 Å². The Morgan fingerprint density at radius 1 is 0.688 bits per heavy atom. The number of anilines is 1. The first-order valence-corrected chi connectivity index (χ1v) is 11.2. The van der Waals surface area contributed by atoms with Crippen LogP contribution in [-0.4, -0.2) is 11.8 Å². The summed E-state index contributed by atoms with van der Waals surface area (Å²) >= 11 is 7.47. The Morgan fingerprint density at radius 2 is 1.28 bits per heavy atom. The Bertz CT molecular complexity index is 1430. The third kappa shape index (κ3) is 2.03. The lowest BCUT2D eigenvalue weighted by molar-refractivity contribution is -0.122. The third-order valence-corrected chi connectivity index (χ3v) is 8.15. The van der Waals surface area contributed by atoms with Crippen LogP contribution in [0.2, 0.25) is 0 Å². The van der Waals surface area contributed by atoms with Crippen molar-refractivity contribution in [2.24, 2.45) is 11.8 Å². The second-order valence-corrected chi connectivity index (χ2v) is 9.51. The molecule has 3 aliphatic carbocycles. The molecule has 0 radical (unpaired) electrons. The van der Waals surface area contributed by atoms with Crippen molar-refractivity contribution in [3.8, 4) is 0 Å². The second kappa shape index (κ2) is 6.08. The molecule has 32 heavy (non-hydrogen) atoms. The van der Waals surface area contributed by atoms with Crippen molar-refractivity contribution in [3.63, 3.8) is 0 Å². The summed E-state index contributed by atoms with van der Waals surface area (Å²) in [6, 6.07) is 29.7. The summed E-state index contributed by atoms with van der Waals surface area (Å²) in [5, 5.41) is 2.07. The van der Waals surface area contributed by atoms with Crippen LogP contribution in [0.5, 0.6) is 0 Å². The van der Waals surface area contributed by atoms with Crippen LogP contribution >= 0.6 is 11.6 Å². The van der Waals surface area contributed by atoms with Gasteiger partial charge in [0, 0.05) is 5.92 Å². The maximum atomic E-state index is 13.9. The van der Waals surface area contributed by atoms with Gasteiger partial charge in [0.25, 0.3) is 0 Å². The first-order chi connectivity index (χ1) is 15.6. The maximum Gasteiger partial charge on any atom is 0.240 e. The average Bonchev–Trinajstić information content (AvgIpc) is 3.10. The number of fused-ring (bicyclic) bond motifs is 1. The van der Waals surface area contributed by atoms with E-state index < -0.39 is 16.7 Å². The average molecular weight is 436 g/mol. The summed E-state index contributed by atoms with van der Waals surface area (Å²) in [6.45, 7) is 0. The van der Waals surface area contributed by atoms with Gasteiger partial charge in [0.15, 0.2) is 0 Å².